The summed E-state index contributed by atoms with van der Waals surface area (Å²) < 4.78 is 4.61. The summed E-state index contributed by atoms with van der Waals surface area (Å²) in [4.78, 5) is 16.4. The summed E-state index contributed by atoms with van der Waals surface area (Å²) >= 11 is 1.57. The number of hydrogen-bond donors (Lipinski definition) is 1. The third kappa shape index (κ3) is 3.72. The minimum atomic E-state index is -0.389. The van der Waals surface area contributed by atoms with E-state index in [9.17, 15) is 9.90 Å². The largest absolute Gasteiger partial charge is 0.508 e. The van der Waals surface area contributed by atoms with Crippen LogP contribution in [-0.4, -0.2) is 23.2 Å². The molecule has 0 fully saturated rings. The lowest BCUT2D eigenvalue weighted by Gasteiger charge is -2.03. The maximum atomic E-state index is 11.2. The molecule has 4 nitrogen and oxygen atoms in total. The number of benzene rings is 1. The van der Waals surface area contributed by atoms with Crippen LogP contribution in [0, 0.1) is 0 Å². The number of carbonyl (C=O) groups is 1. The highest BCUT2D eigenvalue weighted by Crippen LogP contribution is 2.24. The van der Waals surface area contributed by atoms with E-state index in [1.54, 1.807) is 42.1 Å². The van der Waals surface area contributed by atoms with Crippen molar-refractivity contribution in [1.29, 1.82) is 0 Å². The molecule has 0 saturated carbocycles. The smallest absolute Gasteiger partial charge is 0.339 e. The normalized spacial score (nSPS) is 10.2. The van der Waals surface area contributed by atoms with Crippen LogP contribution in [0.3, 0.4) is 0 Å². The zero-order chi connectivity index (χ0) is 13.7. The molecular weight excluding hydrogens is 262 g/mol. The van der Waals surface area contributed by atoms with Gasteiger partial charge in [0.15, 0.2) is 0 Å². The molecule has 0 aliphatic heterocycles. The van der Waals surface area contributed by atoms with Crippen LogP contribution >= 0.6 is 11.8 Å². The van der Waals surface area contributed by atoms with Gasteiger partial charge >= 0.3 is 5.97 Å². The molecular formula is C14H13NO3S. The topological polar surface area (TPSA) is 59.4 Å². The maximum absolute atomic E-state index is 11.2. The van der Waals surface area contributed by atoms with E-state index in [0.29, 0.717) is 11.3 Å². The number of aromatic nitrogens is 1. The van der Waals surface area contributed by atoms with Crippen molar-refractivity contribution in [2.75, 3.05) is 7.11 Å². The summed E-state index contributed by atoms with van der Waals surface area (Å²) in [5.74, 6) is 0.531. The van der Waals surface area contributed by atoms with Gasteiger partial charge in [-0.1, -0.05) is 6.07 Å². The number of nitrogens with zero attached hydrogens (tertiary/aromatic N) is 1. The monoisotopic (exact) mass is 275 g/mol. The molecule has 0 atom stereocenters. The zero-order valence-corrected chi connectivity index (χ0v) is 11.2. The number of esters is 1. The van der Waals surface area contributed by atoms with Crippen molar-refractivity contribution in [3.63, 3.8) is 0 Å². The van der Waals surface area contributed by atoms with E-state index in [1.165, 1.54) is 13.3 Å². The highest BCUT2D eigenvalue weighted by atomic mass is 32.2. The maximum Gasteiger partial charge on any atom is 0.339 e. The van der Waals surface area contributed by atoms with Crippen molar-refractivity contribution in [3.8, 4) is 5.75 Å². The lowest BCUT2D eigenvalue weighted by molar-refractivity contribution is 0.0600. The van der Waals surface area contributed by atoms with Crippen molar-refractivity contribution >= 4 is 17.7 Å². The second kappa shape index (κ2) is 6.24. The van der Waals surface area contributed by atoms with Crippen LogP contribution in [0.1, 0.15) is 16.1 Å². The molecule has 0 saturated heterocycles. The van der Waals surface area contributed by atoms with Crippen LogP contribution in [0.15, 0.2) is 47.5 Å². The number of thioether (sulfide) groups is 1. The minimum absolute atomic E-state index is 0.249. The van der Waals surface area contributed by atoms with Crippen molar-refractivity contribution < 1.29 is 14.6 Å². The molecule has 0 radical (unpaired) electrons. The molecule has 2 rings (SSSR count). The van der Waals surface area contributed by atoms with Gasteiger partial charge in [0.2, 0.25) is 0 Å². The molecule has 0 bridgehead atoms. The highest BCUT2D eigenvalue weighted by Gasteiger charge is 2.05. The number of ether oxygens (including phenoxy) is 1. The Hall–Kier alpha value is -2.01. The Bertz CT molecular complexity index is 569. The van der Waals surface area contributed by atoms with Crippen LogP contribution < -0.4 is 0 Å². The van der Waals surface area contributed by atoms with Gasteiger partial charge in [-0.15, -0.1) is 11.8 Å². The number of rotatable bonds is 4. The van der Waals surface area contributed by atoms with E-state index < -0.39 is 0 Å². The van der Waals surface area contributed by atoms with E-state index in [0.717, 1.165) is 10.6 Å². The summed E-state index contributed by atoms with van der Waals surface area (Å²) in [5.41, 5.74) is 1.30. The second-order valence-corrected chi connectivity index (χ2v) is 4.86. The Morgan fingerprint density at radius 1 is 1.37 bits per heavy atom. The van der Waals surface area contributed by atoms with E-state index >= 15 is 0 Å². The van der Waals surface area contributed by atoms with Gasteiger partial charge in [0.05, 0.1) is 18.4 Å². The standard InChI is InChI=1S/C14H13NO3S/c1-18-14(17)10-5-6-11(15-8-10)9-19-13-4-2-3-12(16)7-13/h2-8,16H,9H2,1H3. The molecule has 0 amide bonds. The first-order chi connectivity index (χ1) is 9.19. The van der Waals surface area contributed by atoms with Crippen molar-refractivity contribution in [2.24, 2.45) is 0 Å². The fourth-order valence-electron chi connectivity index (χ4n) is 1.48. The molecule has 0 spiro atoms. The fraction of sp³-hybridized carbons (Fsp3) is 0.143. The van der Waals surface area contributed by atoms with Crippen LogP contribution in [-0.2, 0) is 10.5 Å². The van der Waals surface area contributed by atoms with Gasteiger partial charge in [-0.05, 0) is 30.3 Å². The Morgan fingerprint density at radius 3 is 2.84 bits per heavy atom. The Labute approximate surface area is 115 Å². The summed E-state index contributed by atoms with van der Waals surface area (Å²) in [6.45, 7) is 0. The van der Waals surface area contributed by atoms with Crippen LogP contribution in [0.4, 0.5) is 0 Å². The molecule has 5 heteroatoms. The average molecular weight is 275 g/mol. The van der Waals surface area contributed by atoms with E-state index in [1.807, 2.05) is 6.07 Å². The lowest BCUT2D eigenvalue weighted by Crippen LogP contribution is -2.02. The van der Waals surface area contributed by atoms with Gasteiger partial charge in [-0.2, -0.15) is 0 Å². The SMILES string of the molecule is COC(=O)c1ccc(CSc2cccc(O)c2)nc1. The van der Waals surface area contributed by atoms with E-state index in [2.05, 4.69) is 9.72 Å². The number of phenols is 1. The van der Waals surface area contributed by atoms with Gasteiger partial charge in [0.1, 0.15) is 5.75 Å². The number of methoxy groups -OCH3 is 1. The summed E-state index contributed by atoms with van der Waals surface area (Å²) in [7, 11) is 1.34. The number of aromatic hydroxyl groups is 1. The minimum Gasteiger partial charge on any atom is -0.508 e. The molecule has 1 aromatic carbocycles. The third-order valence-electron chi connectivity index (χ3n) is 2.45. The molecule has 1 heterocycles. The predicted molar refractivity (Wildman–Crippen MR) is 73.2 cm³/mol. The summed E-state index contributed by atoms with van der Waals surface area (Å²) in [5, 5.41) is 9.35. The van der Waals surface area contributed by atoms with Gasteiger partial charge in [-0.25, -0.2) is 4.79 Å². The highest BCUT2D eigenvalue weighted by molar-refractivity contribution is 7.98. The first-order valence-electron chi connectivity index (χ1n) is 5.64. The Balaban J connectivity index is 1.98. The van der Waals surface area contributed by atoms with Gasteiger partial charge in [0, 0.05) is 16.8 Å². The van der Waals surface area contributed by atoms with Crippen molar-refractivity contribution in [1.82, 2.24) is 4.98 Å². The predicted octanol–water partition coefficient (Wildman–Crippen LogP) is 2.87. The van der Waals surface area contributed by atoms with E-state index in [-0.39, 0.29) is 11.7 Å². The van der Waals surface area contributed by atoms with Crippen molar-refractivity contribution in [3.05, 3.63) is 53.9 Å². The lowest BCUT2D eigenvalue weighted by atomic mass is 10.2. The molecule has 1 N–H and O–H groups in total. The first kappa shape index (κ1) is 13.4. The zero-order valence-electron chi connectivity index (χ0n) is 10.4. The quantitative estimate of drug-likeness (QED) is 0.686. The van der Waals surface area contributed by atoms with Crippen LogP contribution in [0.25, 0.3) is 0 Å². The van der Waals surface area contributed by atoms with Crippen LogP contribution in [0.5, 0.6) is 5.75 Å². The number of phenolic OH excluding ortho intramolecular Hbond substituents is 1. The number of pyridine rings is 1. The first-order valence-corrected chi connectivity index (χ1v) is 6.62. The van der Waals surface area contributed by atoms with Gasteiger partial charge in [-0.3, -0.25) is 4.98 Å². The number of hydrogen-bond acceptors (Lipinski definition) is 5. The molecule has 98 valence electrons. The summed E-state index contributed by atoms with van der Waals surface area (Å²) in [6, 6.07) is 10.5. The fourth-order valence-corrected chi connectivity index (χ4v) is 2.34. The summed E-state index contributed by atoms with van der Waals surface area (Å²) in [6.07, 6.45) is 1.50. The third-order valence-corrected chi connectivity index (χ3v) is 3.48. The Kier molecular flexibility index (Phi) is 4.41. The van der Waals surface area contributed by atoms with Gasteiger partial charge < -0.3 is 9.84 Å². The van der Waals surface area contributed by atoms with E-state index in [4.69, 9.17) is 0 Å². The second-order valence-electron chi connectivity index (χ2n) is 3.82. The average Bonchev–Trinajstić information content (AvgIpc) is 2.45. The molecule has 1 aromatic heterocycles. The molecule has 0 aliphatic rings. The van der Waals surface area contributed by atoms with Gasteiger partial charge in [0.25, 0.3) is 0 Å². The molecule has 2 aromatic rings. The molecule has 0 aliphatic carbocycles. The molecule has 19 heavy (non-hydrogen) atoms. The van der Waals surface area contributed by atoms with Crippen LogP contribution in [0.2, 0.25) is 0 Å². The number of carbonyl (C=O) groups excluding carboxylic acids is 1. The van der Waals surface area contributed by atoms with Crippen molar-refractivity contribution in [2.45, 2.75) is 10.6 Å². The molecule has 0 unspecified atom stereocenters. The Morgan fingerprint density at radius 2 is 2.21 bits per heavy atom.